The lowest BCUT2D eigenvalue weighted by atomic mass is 9.34. The van der Waals surface area contributed by atoms with E-state index in [-0.39, 0.29) is 45.3 Å². The van der Waals surface area contributed by atoms with Crippen LogP contribution in [0.5, 0.6) is 0 Å². The normalized spacial score (nSPS) is 43.6. The number of piperazine rings is 1. The SMILES string of the molecule is CC(=O)O[C@@H]1C[C@@]23CCOC[C@@](C)(C2CC[C@H]2C3=CC[C@@]3(C)[C@H](C(=O)O)[C@@](C)([C@H](C)C(C)C)CC[C@]23C)[C@H]1OCCN1CCN(CCCN)CC1. The first-order valence-corrected chi connectivity index (χ1v) is 20.5. The van der Waals surface area contributed by atoms with Crippen LogP contribution in [0.15, 0.2) is 11.6 Å². The molecule has 0 aromatic rings. The van der Waals surface area contributed by atoms with Crippen LogP contribution in [0.2, 0.25) is 0 Å². The average molecular weight is 714 g/mol. The van der Waals surface area contributed by atoms with E-state index < -0.39 is 11.9 Å². The van der Waals surface area contributed by atoms with Crippen LogP contribution < -0.4 is 5.73 Å². The van der Waals surface area contributed by atoms with Gasteiger partial charge >= 0.3 is 11.9 Å². The molecule has 2 bridgehead atoms. The minimum Gasteiger partial charge on any atom is -0.481 e. The lowest BCUT2D eigenvalue weighted by molar-refractivity contribution is -0.223. The van der Waals surface area contributed by atoms with E-state index >= 15 is 0 Å². The van der Waals surface area contributed by atoms with Crippen LogP contribution in [0, 0.1) is 56.7 Å². The van der Waals surface area contributed by atoms with E-state index in [1.807, 2.05) is 0 Å². The molecular formula is C42H71N3O6. The van der Waals surface area contributed by atoms with Gasteiger partial charge in [0, 0.05) is 57.1 Å². The minimum absolute atomic E-state index is 0.141. The van der Waals surface area contributed by atoms with Crippen molar-refractivity contribution >= 4 is 11.9 Å². The van der Waals surface area contributed by atoms with Gasteiger partial charge in [-0.1, -0.05) is 60.1 Å². The highest BCUT2D eigenvalue weighted by molar-refractivity contribution is 5.73. The second-order valence-electron chi connectivity index (χ2n) is 19.1. The number of hydrogen-bond acceptors (Lipinski definition) is 8. The van der Waals surface area contributed by atoms with Gasteiger partial charge in [0.2, 0.25) is 0 Å². The van der Waals surface area contributed by atoms with E-state index in [0.717, 1.165) is 97.2 Å². The molecule has 6 rings (SSSR count). The Labute approximate surface area is 308 Å². The Morgan fingerprint density at radius 1 is 1.00 bits per heavy atom. The molecule has 4 aliphatic carbocycles. The number of allylic oxidation sites excluding steroid dienone is 2. The molecule has 1 unspecified atom stereocenters. The molecule has 2 saturated heterocycles. The topological polar surface area (TPSA) is 115 Å². The number of carbonyl (C=O) groups excluding carboxylic acids is 1. The van der Waals surface area contributed by atoms with Gasteiger partial charge in [-0.2, -0.15) is 0 Å². The van der Waals surface area contributed by atoms with Gasteiger partial charge < -0.3 is 30.0 Å². The van der Waals surface area contributed by atoms with Crippen molar-refractivity contribution in [1.82, 2.24) is 9.80 Å². The molecule has 9 heteroatoms. The van der Waals surface area contributed by atoms with Crippen molar-refractivity contribution in [2.75, 3.05) is 65.6 Å². The van der Waals surface area contributed by atoms with Crippen LogP contribution in [0.3, 0.4) is 0 Å². The maximum absolute atomic E-state index is 13.5. The Balaban J connectivity index is 1.29. The van der Waals surface area contributed by atoms with E-state index in [1.165, 1.54) is 12.5 Å². The number of rotatable bonds is 11. The molecule has 0 amide bonds. The van der Waals surface area contributed by atoms with Gasteiger partial charge in [-0.15, -0.1) is 0 Å². The molecule has 2 heterocycles. The molecule has 0 radical (unpaired) electrons. The highest BCUT2D eigenvalue weighted by Crippen LogP contribution is 2.75. The van der Waals surface area contributed by atoms with E-state index in [0.29, 0.717) is 43.5 Å². The molecule has 0 aromatic heterocycles. The molecule has 290 valence electrons. The summed E-state index contributed by atoms with van der Waals surface area (Å²) in [6, 6.07) is 0. The zero-order chi connectivity index (χ0) is 37.0. The smallest absolute Gasteiger partial charge is 0.307 e. The monoisotopic (exact) mass is 714 g/mol. The van der Waals surface area contributed by atoms with Crippen LogP contribution in [-0.2, 0) is 23.8 Å². The molecule has 9 nitrogen and oxygen atoms in total. The van der Waals surface area contributed by atoms with Crippen molar-refractivity contribution in [3.05, 3.63) is 11.6 Å². The Hall–Kier alpha value is -1.52. The van der Waals surface area contributed by atoms with E-state index in [9.17, 15) is 14.7 Å². The van der Waals surface area contributed by atoms with Crippen molar-refractivity contribution in [3.63, 3.8) is 0 Å². The van der Waals surface area contributed by atoms with Gasteiger partial charge in [0.15, 0.2) is 0 Å². The van der Waals surface area contributed by atoms with Crippen LogP contribution in [-0.4, -0.2) is 105 Å². The fourth-order valence-corrected chi connectivity index (χ4v) is 13.3. The van der Waals surface area contributed by atoms with Crippen molar-refractivity contribution in [1.29, 1.82) is 0 Å². The number of carboxylic acids is 1. The molecule has 5 fully saturated rings. The molecule has 0 spiro atoms. The summed E-state index contributed by atoms with van der Waals surface area (Å²) in [6.07, 6.45) is 9.48. The standard InChI is InChI=1S/C42H71N3O6/c1-28(2)29(3)38(5)14-15-40(7)31-10-11-34-39(6)27-49-24-16-42(34,32(31)12-13-41(40,8)35(38)37(47)48)26-33(51-30(4)46)36(39)50-25-23-45-21-19-44(20-22-45)18-9-17-43/h12,28-29,31,33-36H,9-11,13-27,43H2,1-8H3,(H,47,48)/t29-,31+,33-,34?,35-,36+,38-,39+,40-,41+,42-/m1/s1. The lowest BCUT2D eigenvalue weighted by Gasteiger charge is -2.70. The summed E-state index contributed by atoms with van der Waals surface area (Å²) in [5.74, 6) is 0.0840. The summed E-state index contributed by atoms with van der Waals surface area (Å²) >= 11 is 0. The highest BCUT2D eigenvalue weighted by atomic mass is 16.6. The fraction of sp³-hybridized carbons (Fsp3) is 0.905. The van der Waals surface area contributed by atoms with Crippen LogP contribution in [0.1, 0.15) is 107 Å². The molecule has 2 aliphatic heterocycles. The van der Waals surface area contributed by atoms with E-state index in [2.05, 4.69) is 64.3 Å². The second kappa shape index (κ2) is 14.6. The minimum atomic E-state index is -0.626. The van der Waals surface area contributed by atoms with Crippen molar-refractivity contribution in [2.45, 2.75) is 119 Å². The second-order valence-corrected chi connectivity index (χ2v) is 19.1. The molecular weight excluding hydrogens is 642 g/mol. The van der Waals surface area contributed by atoms with Gasteiger partial charge in [0.25, 0.3) is 0 Å². The number of aliphatic carboxylic acids is 1. The summed E-state index contributed by atoms with van der Waals surface area (Å²) in [6.45, 7) is 26.5. The third-order valence-electron chi connectivity index (χ3n) is 16.6. The summed E-state index contributed by atoms with van der Waals surface area (Å²) < 4.78 is 19.8. The summed E-state index contributed by atoms with van der Waals surface area (Å²) in [5.41, 5.74) is 6.01. The predicted molar refractivity (Wildman–Crippen MR) is 200 cm³/mol. The highest BCUT2D eigenvalue weighted by Gasteiger charge is 2.71. The predicted octanol–water partition coefficient (Wildman–Crippen LogP) is 6.25. The third-order valence-corrected chi connectivity index (χ3v) is 16.6. The van der Waals surface area contributed by atoms with Gasteiger partial charge in [0.05, 0.1) is 19.1 Å². The number of esters is 1. The fourth-order valence-electron chi connectivity index (χ4n) is 13.3. The van der Waals surface area contributed by atoms with Crippen LogP contribution >= 0.6 is 0 Å². The number of fused-ring (bicyclic) bond motifs is 3. The van der Waals surface area contributed by atoms with Crippen LogP contribution in [0.4, 0.5) is 0 Å². The number of nitrogens with zero attached hydrogens (tertiary/aromatic N) is 2. The maximum atomic E-state index is 13.5. The third kappa shape index (κ3) is 6.44. The Morgan fingerprint density at radius 3 is 2.31 bits per heavy atom. The molecule has 3 N–H and O–H groups in total. The van der Waals surface area contributed by atoms with Gasteiger partial charge in [0.1, 0.15) is 12.2 Å². The first kappa shape index (κ1) is 39.2. The number of ether oxygens (including phenoxy) is 3. The molecule has 3 saturated carbocycles. The Kier molecular flexibility index (Phi) is 11.2. The number of carboxylic acid groups (broad SMARTS) is 1. The van der Waals surface area contributed by atoms with Gasteiger partial charge in [-0.05, 0) is 104 Å². The maximum Gasteiger partial charge on any atom is 0.307 e. The first-order chi connectivity index (χ1) is 24.1. The Morgan fingerprint density at radius 2 is 1.69 bits per heavy atom. The average Bonchev–Trinajstić information content (AvgIpc) is 3.18. The van der Waals surface area contributed by atoms with Gasteiger partial charge in [-0.3, -0.25) is 14.5 Å². The number of hydrogen-bond donors (Lipinski definition) is 2. The molecule has 11 atom stereocenters. The largest absolute Gasteiger partial charge is 0.481 e. The zero-order valence-corrected chi connectivity index (χ0v) is 33.3. The van der Waals surface area contributed by atoms with Crippen LogP contribution in [0.25, 0.3) is 0 Å². The van der Waals surface area contributed by atoms with Crippen molar-refractivity contribution in [2.24, 2.45) is 62.4 Å². The molecule has 51 heavy (non-hydrogen) atoms. The summed E-state index contributed by atoms with van der Waals surface area (Å²) in [7, 11) is 0. The van der Waals surface area contributed by atoms with E-state index in [4.69, 9.17) is 19.9 Å². The summed E-state index contributed by atoms with van der Waals surface area (Å²) in [5, 5.41) is 11.1. The lowest BCUT2D eigenvalue weighted by Crippen LogP contribution is -2.67. The quantitative estimate of drug-likeness (QED) is 0.190. The molecule has 0 aromatic carbocycles. The number of nitrogens with two attached hydrogens (primary N) is 1. The first-order valence-electron chi connectivity index (χ1n) is 20.5. The number of carbonyl (C=O) groups is 2. The summed E-state index contributed by atoms with van der Waals surface area (Å²) in [4.78, 5) is 31.2. The van der Waals surface area contributed by atoms with Gasteiger partial charge in [-0.25, -0.2) is 0 Å². The van der Waals surface area contributed by atoms with E-state index in [1.54, 1.807) is 0 Å². The van der Waals surface area contributed by atoms with Crippen molar-refractivity contribution in [3.8, 4) is 0 Å². The zero-order valence-electron chi connectivity index (χ0n) is 33.3. The van der Waals surface area contributed by atoms with Crippen molar-refractivity contribution < 1.29 is 28.9 Å². The molecule has 6 aliphatic rings. The Bertz CT molecular complexity index is 1320.